The van der Waals surface area contributed by atoms with Gasteiger partial charge in [0.1, 0.15) is 5.75 Å². The van der Waals surface area contributed by atoms with Gasteiger partial charge in [-0.25, -0.2) is 13.1 Å². The first-order valence-electron chi connectivity index (χ1n) is 10.8. The molecule has 0 aliphatic carbocycles. The first-order valence-corrected chi connectivity index (χ1v) is 12.3. The molecule has 0 radical (unpaired) electrons. The Bertz CT molecular complexity index is 1060. The monoisotopic (exact) mass is 471 g/mol. The van der Waals surface area contributed by atoms with Crippen molar-refractivity contribution in [2.24, 2.45) is 5.92 Å². The van der Waals surface area contributed by atoms with Crippen LogP contribution in [0.2, 0.25) is 0 Å². The van der Waals surface area contributed by atoms with E-state index >= 15 is 0 Å². The lowest BCUT2D eigenvalue weighted by Crippen LogP contribution is -2.43. The average Bonchev–Trinajstić information content (AvgIpc) is 2.85. The Morgan fingerprint density at radius 1 is 1.03 bits per heavy atom. The van der Waals surface area contributed by atoms with Gasteiger partial charge >= 0.3 is 0 Å². The van der Waals surface area contributed by atoms with Crippen molar-refractivity contribution in [3.63, 3.8) is 0 Å². The van der Waals surface area contributed by atoms with Crippen molar-refractivity contribution < 1.29 is 22.7 Å². The van der Waals surface area contributed by atoms with Crippen molar-refractivity contribution in [3.05, 3.63) is 66.2 Å². The Morgan fingerprint density at radius 2 is 1.70 bits per heavy atom. The molecule has 8 nitrogen and oxygen atoms in total. The zero-order valence-electron chi connectivity index (χ0n) is 18.6. The number of nitrogens with zero attached hydrogens (tertiary/aromatic N) is 1. The molecule has 176 valence electrons. The van der Waals surface area contributed by atoms with Crippen LogP contribution in [0.5, 0.6) is 5.75 Å². The van der Waals surface area contributed by atoms with Crippen LogP contribution in [0.4, 0.5) is 0 Å². The van der Waals surface area contributed by atoms with Crippen LogP contribution in [-0.4, -0.2) is 58.4 Å². The fraction of sp³-hybridized carbons (Fsp3) is 0.333. The van der Waals surface area contributed by atoms with Gasteiger partial charge in [0.25, 0.3) is 0 Å². The summed E-state index contributed by atoms with van der Waals surface area (Å²) in [6, 6.07) is 15.7. The summed E-state index contributed by atoms with van der Waals surface area (Å²) >= 11 is 0. The average molecular weight is 472 g/mol. The first kappa shape index (κ1) is 24.5. The molecule has 2 aromatic carbocycles. The van der Waals surface area contributed by atoms with Gasteiger partial charge < -0.3 is 15.0 Å². The van der Waals surface area contributed by atoms with Crippen LogP contribution in [0.25, 0.3) is 6.08 Å². The molecule has 33 heavy (non-hydrogen) atoms. The molecule has 0 unspecified atom stereocenters. The van der Waals surface area contributed by atoms with Gasteiger partial charge in [-0.1, -0.05) is 30.3 Å². The molecule has 1 fully saturated rings. The van der Waals surface area contributed by atoms with Crippen LogP contribution in [0, 0.1) is 5.92 Å². The molecule has 3 rings (SSSR count). The maximum atomic E-state index is 12.4. The van der Waals surface area contributed by atoms with Gasteiger partial charge in [0.15, 0.2) is 0 Å². The van der Waals surface area contributed by atoms with E-state index in [0.717, 1.165) is 5.56 Å². The fourth-order valence-electron chi connectivity index (χ4n) is 3.55. The van der Waals surface area contributed by atoms with E-state index in [1.807, 2.05) is 30.3 Å². The minimum atomic E-state index is -3.66. The molecule has 0 aromatic heterocycles. The third-order valence-electron chi connectivity index (χ3n) is 5.48. The highest BCUT2D eigenvalue weighted by Gasteiger charge is 2.26. The third kappa shape index (κ3) is 7.16. The highest BCUT2D eigenvalue weighted by molar-refractivity contribution is 7.89. The third-order valence-corrected chi connectivity index (χ3v) is 6.96. The number of piperidine rings is 1. The summed E-state index contributed by atoms with van der Waals surface area (Å²) in [5, 5.41) is 2.78. The van der Waals surface area contributed by atoms with Crippen LogP contribution < -0.4 is 14.8 Å². The van der Waals surface area contributed by atoms with Gasteiger partial charge in [0.2, 0.25) is 21.8 Å². The Balaban J connectivity index is 1.37. The molecule has 2 N–H and O–H groups in total. The first-order chi connectivity index (χ1) is 15.9. The van der Waals surface area contributed by atoms with Crippen molar-refractivity contribution in [1.82, 2.24) is 14.9 Å². The number of methoxy groups -OCH3 is 1. The second kappa shape index (κ2) is 11.6. The Labute approximate surface area is 194 Å². The number of hydrogen-bond acceptors (Lipinski definition) is 5. The molecule has 2 aromatic rings. The van der Waals surface area contributed by atoms with Crippen molar-refractivity contribution in [1.29, 1.82) is 0 Å². The van der Waals surface area contributed by atoms with Crippen molar-refractivity contribution in [2.75, 3.05) is 33.3 Å². The van der Waals surface area contributed by atoms with Gasteiger partial charge in [-0.15, -0.1) is 0 Å². The topological polar surface area (TPSA) is 105 Å². The summed E-state index contributed by atoms with van der Waals surface area (Å²) in [5.74, 6) is 0.197. The van der Waals surface area contributed by atoms with Gasteiger partial charge in [-0.05, 0) is 48.7 Å². The molecule has 9 heteroatoms. The molecule has 1 aliphatic rings. The molecule has 2 amide bonds. The molecule has 0 spiro atoms. The number of nitrogens with one attached hydrogen (secondary N) is 2. The largest absolute Gasteiger partial charge is 0.497 e. The van der Waals surface area contributed by atoms with Crippen LogP contribution in [0.1, 0.15) is 18.4 Å². The van der Waals surface area contributed by atoms with Gasteiger partial charge in [-0.2, -0.15) is 0 Å². The predicted molar refractivity (Wildman–Crippen MR) is 126 cm³/mol. The molecular weight excluding hydrogens is 442 g/mol. The number of ether oxygens (including phenoxy) is 1. The van der Waals surface area contributed by atoms with E-state index in [4.69, 9.17) is 4.74 Å². The van der Waals surface area contributed by atoms with E-state index in [1.165, 1.54) is 19.2 Å². The van der Waals surface area contributed by atoms with E-state index in [1.54, 1.807) is 29.2 Å². The maximum absolute atomic E-state index is 12.4. The standard InChI is InChI=1S/C24H29N3O5S/c1-32-21-8-10-22(11-9-21)33(30,31)26-16-15-25-24(29)20-13-17-27(18-14-20)23(28)12-7-19-5-3-2-4-6-19/h2-12,20,26H,13-18H2,1H3,(H,25,29)/b12-7+. The highest BCUT2D eigenvalue weighted by atomic mass is 32.2. The molecule has 1 heterocycles. The lowest BCUT2D eigenvalue weighted by Gasteiger charge is -2.30. The minimum absolute atomic E-state index is 0.0642. The van der Waals surface area contributed by atoms with Gasteiger partial charge in [0.05, 0.1) is 12.0 Å². The number of sulfonamides is 1. The second-order valence-electron chi connectivity index (χ2n) is 7.71. The summed E-state index contributed by atoms with van der Waals surface area (Å²) in [6.45, 7) is 1.30. The van der Waals surface area contributed by atoms with E-state index in [0.29, 0.717) is 31.7 Å². The maximum Gasteiger partial charge on any atom is 0.246 e. The smallest absolute Gasteiger partial charge is 0.246 e. The van der Waals surface area contributed by atoms with E-state index in [-0.39, 0.29) is 35.7 Å². The number of likely N-dealkylation sites (tertiary alicyclic amines) is 1. The van der Waals surface area contributed by atoms with Gasteiger partial charge in [-0.3, -0.25) is 9.59 Å². The molecule has 1 aliphatic heterocycles. The Kier molecular flexibility index (Phi) is 8.62. The summed E-state index contributed by atoms with van der Waals surface area (Å²) in [5.41, 5.74) is 0.961. The number of carbonyl (C=O) groups is 2. The minimum Gasteiger partial charge on any atom is -0.497 e. The van der Waals surface area contributed by atoms with Crippen LogP contribution in [0.3, 0.4) is 0 Å². The fourth-order valence-corrected chi connectivity index (χ4v) is 4.58. The Morgan fingerprint density at radius 3 is 2.33 bits per heavy atom. The van der Waals surface area contributed by atoms with Crippen molar-refractivity contribution >= 4 is 27.9 Å². The normalized spacial score (nSPS) is 14.9. The van der Waals surface area contributed by atoms with Crippen LogP contribution in [0.15, 0.2) is 65.6 Å². The summed E-state index contributed by atoms with van der Waals surface area (Å²) in [6.07, 6.45) is 4.50. The van der Waals surface area contributed by atoms with Crippen molar-refractivity contribution in [2.45, 2.75) is 17.7 Å². The number of carbonyl (C=O) groups excluding carboxylic acids is 2. The molecule has 0 saturated carbocycles. The van der Waals surface area contributed by atoms with E-state index in [2.05, 4.69) is 10.0 Å². The van der Waals surface area contributed by atoms with Gasteiger partial charge in [0, 0.05) is 38.2 Å². The predicted octanol–water partition coefficient (Wildman–Crippen LogP) is 2.04. The SMILES string of the molecule is COc1ccc(S(=O)(=O)NCCNC(=O)C2CCN(C(=O)/C=C/c3ccccc3)CC2)cc1. The quantitative estimate of drug-likeness (QED) is 0.430. The number of benzene rings is 2. The summed E-state index contributed by atoms with van der Waals surface area (Å²) < 4.78 is 32.1. The van der Waals surface area contributed by atoms with Crippen LogP contribution >= 0.6 is 0 Å². The molecule has 1 saturated heterocycles. The lowest BCUT2D eigenvalue weighted by molar-refractivity contribution is -0.132. The molecular formula is C24H29N3O5S. The summed E-state index contributed by atoms with van der Waals surface area (Å²) in [7, 11) is -2.15. The van der Waals surface area contributed by atoms with E-state index < -0.39 is 10.0 Å². The Hall–Kier alpha value is -3.17. The zero-order valence-corrected chi connectivity index (χ0v) is 19.4. The zero-order chi connectivity index (χ0) is 23.7. The number of hydrogen-bond donors (Lipinski definition) is 2. The highest BCUT2D eigenvalue weighted by Crippen LogP contribution is 2.18. The number of rotatable bonds is 9. The summed E-state index contributed by atoms with van der Waals surface area (Å²) in [4.78, 5) is 26.7. The van der Waals surface area contributed by atoms with Crippen molar-refractivity contribution in [3.8, 4) is 5.75 Å². The van der Waals surface area contributed by atoms with Crippen LogP contribution in [-0.2, 0) is 19.6 Å². The molecule has 0 atom stereocenters. The lowest BCUT2D eigenvalue weighted by atomic mass is 9.96. The number of amides is 2. The molecule has 0 bridgehead atoms. The van der Waals surface area contributed by atoms with E-state index in [9.17, 15) is 18.0 Å². The second-order valence-corrected chi connectivity index (χ2v) is 9.47.